The Morgan fingerprint density at radius 2 is 2.32 bits per heavy atom. The minimum atomic E-state index is 0.244. The number of rotatable bonds is 5. The van der Waals surface area contributed by atoms with E-state index in [-0.39, 0.29) is 6.10 Å². The average Bonchev–Trinajstić information content (AvgIpc) is 3.26. The largest absolute Gasteiger partial charge is 0.379 e. The third-order valence-corrected chi connectivity index (χ3v) is 5.32. The van der Waals surface area contributed by atoms with Crippen molar-refractivity contribution in [1.29, 1.82) is 0 Å². The van der Waals surface area contributed by atoms with Crippen molar-refractivity contribution in [3.8, 4) is 0 Å². The van der Waals surface area contributed by atoms with Crippen LogP contribution in [0, 0.1) is 5.92 Å². The van der Waals surface area contributed by atoms with Crippen LogP contribution in [0.3, 0.4) is 0 Å². The van der Waals surface area contributed by atoms with E-state index in [0.29, 0.717) is 18.6 Å². The molecule has 0 spiro atoms. The summed E-state index contributed by atoms with van der Waals surface area (Å²) >= 11 is 1.76. The first-order chi connectivity index (χ1) is 10.9. The molecule has 0 bridgehead atoms. The monoisotopic (exact) mass is 316 g/mol. The van der Waals surface area contributed by atoms with Gasteiger partial charge in [0.1, 0.15) is 0 Å². The Hall–Kier alpha value is -1.27. The van der Waals surface area contributed by atoms with Crippen molar-refractivity contribution < 1.29 is 9.47 Å². The maximum Gasteiger partial charge on any atom is 0.0892 e. The molecule has 2 aromatic heterocycles. The van der Waals surface area contributed by atoms with Gasteiger partial charge in [-0.1, -0.05) is 6.07 Å². The van der Waals surface area contributed by atoms with Gasteiger partial charge < -0.3 is 9.47 Å². The molecule has 22 heavy (non-hydrogen) atoms. The van der Waals surface area contributed by atoms with Crippen LogP contribution >= 0.6 is 11.3 Å². The van der Waals surface area contributed by atoms with Gasteiger partial charge in [-0.25, -0.2) is 0 Å². The quantitative estimate of drug-likeness (QED) is 0.849. The summed E-state index contributed by atoms with van der Waals surface area (Å²) in [5.41, 5.74) is 2.38. The first kappa shape index (κ1) is 14.3. The molecule has 0 radical (unpaired) electrons. The highest BCUT2D eigenvalue weighted by molar-refractivity contribution is 7.07. The summed E-state index contributed by atoms with van der Waals surface area (Å²) in [6.07, 6.45) is 2.06. The summed E-state index contributed by atoms with van der Waals surface area (Å²) in [6, 6.07) is 8.65. The van der Waals surface area contributed by atoms with Crippen molar-refractivity contribution in [2.24, 2.45) is 5.92 Å². The molecule has 4 nitrogen and oxygen atoms in total. The van der Waals surface area contributed by atoms with Gasteiger partial charge in [-0.2, -0.15) is 11.3 Å². The molecule has 2 saturated heterocycles. The van der Waals surface area contributed by atoms with Crippen LogP contribution < -0.4 is 0 Å². The molecule has 0 aromatic carbocycles. The first-order valence-corrected chi connectivity index (χ1v) is 8.69. The molecule has 4 heterocycles. The second-order valence-corrected chi connectivity index (χ2v) is 6.78. The maximum atomic E-state index is 6.17. The van der Waals surface area contributed by atoms with Crippen LogP contribution in [-0.2, 0) is 22.6 Å². The molecule has 0 aliphatic carbocycles. The van der Waals surface area contributed by atoms with Gasteiger partial charge in [0.25, 0.3) is 0 Å². The summed E-state index contributed by atoms with van der Waals surface area (Å²) in [4.78, 5) is 6.85. The van der Waals surface area contributed by atoms with Crippen LogP contribution in [0.4, 0.5) is 0 Å². The lowest BCUT2D eigenvalue weighted by Crippen LogP contribution is -2.32. The van der Waals surface area contributed by atoms with Crippen LogP contribution in [-0.4, -0.2) is 41.8 Å². The second-order valence-electron chi connectivity index (χ2n) is 6.00. The maximum absolute atomic E-state index is 6.17. The Balaban J connectivity index is 1.40. The Morgan fingerprint density at radius 1 is 1.32 bits per heavy atom. The van der Waals surface area contributed by atoms with E-state index in [4.69, 9.17) is 9.47 Å². The number of hydrogen-bond acceptors (Lipinski definition) is 5. The molecule has 2 aromatic rings. The molecule has 5 heteroatoms. The number of aromatic nitrogens is 1. The zero-order chi connectivity index (χ0) is 14.8. The summed E-state index contributed by atoms with van der Waals surface area (Å²) < 4.78 is 11.9. The van der Waals surface area contributed by atoms with Crippen LogP contribution in [0.5, 0.6) is 0 Å². The lowest BCUT2D eigenvalue weighted by atomic mass is 10.0. The fraction of sp³-hybridized carbons (Fsp3) is 0.471. The van der Waals surface area contributed by atoms with Gasteiger partial charge in [-0.3, -0.25) is 9.88 Å². The highest BCUT2D eigenvalue weighted by atomic mass is 32.1. The van der Waals surface area contributed by atoms with E-state index in [0.717, 1.165) is 32.0 Å². The molecule has 2 aliphatic heterocycles. The Kier molecular flexibility index (Phi) is 4.21. The predicted molar refractivity (Wildman–Crippen MR) is 85.6 cm³/mol. The third-order valence-electron chi connectivity index (χ3n) is 4.59. The Labute approximate surface area is 134 Å². The smallest absolute Gasteiger partial charge is 0.0892 e. The summed E-state index contributed by atoms with van der Waals surface area (Å²) in [5.74, 6) is 0.488. The number of hydrogen-bond donors (Lipinski definition) is 0. The highest BCUT2D eigenvalue weighted by Gasteiger charge is 2.45. The molecule has 4 rings (SSSR count). The molecule has 0 saturated carbocycles. The fourth-order valence-electron chi connectivity index (χ4n) is 3.44. The lowest BCUT2D eigenvalue weighted by molar-refractivity contribution is 0.00741. The van der Waals surface area contributed by atoms with Crippen molar-refractivity contribution in [2.75, 3.05) is 19.8 Å². The van der Waals surface area contributed by atoms with E-state index in [2.05, 4.69) is 26.7 Å². The normalized spacial score (nSPS) is 28.1. The van der Waals surface area contributed by atoms with Gasteiger partial charge in [0, 0.05) is 31.2 Å². The van der Waals surface area contributed by atoms with Gasteiger partial charge in [-0.15, -0.1) is 0 Å². The minimum absolute atomic E-state index is 0.244. The number of ether oxygens (including phenoxy) is 2. The highest BCUT2D eigenvalue weighted by Crippen LogP contribution is 2.33. The Bertz CT molecular complexity index is 590. The molecule has 2 fully saturated rings. The molecular formula is C17H20N2O2S. The number of nitrogens with zero attached hydrogens (tertiary/aromatic N) is 2. The molecule has 0 unspecified atom stereocenters. The zero-order valence-corrected chi connectivity index (χ0v) is 13.2. The lowest BCUT2D eigenvalue weighted by Gasteiger charge is -2.21. The number of likely N-dealkylation sites (tertiary alicyclic amines) is 1. The SMILES string of the molecule is c1ccc(CO[C@H]2CN(Cc3ccsc3)[C@@H]3COC[C@H]23)nc1. The van der Waals surface area contributed by atoms with E-state index < -0.39 is 0 Å². The van der Waals surface area contributed by atoms with E-state index >= 15 is 0 Å². The molecule has 116 valence electrons. The topological polar surface area (TPSA) is 34.6 Å². The van der Waals surface area contributed by atoms with E-state index in [1.54, 1.807) is 11.3 Å². The predicted octanol–water partition coefficient (Wildman–Crippen LogP) is 2.56. The van der Waals surface area contributed by atoms with E-state index in [1.807, 2.05) is 24.4 Å². The van der Waals surface area contributed by atoms with Crippen LogP contribution in [0.25, 0.3) is 0 Å². The second kappa shape index (κ2) is 6.46. The van der Waals surface area contributed by atoms with Crippen molar-refractivity contribution in [3.63, 3.8) is 0 Å². The molecule has 0 N–H and O–H groups in total. The van der Waals surface area contributed by atoms with Crippen LogP contribution in [0.1, 0.15) is 11.3 Å². The van der Waals surface area contributed by atoms with Crippen molar-refractivity contribution in [1.82, 2.24) is 9.88 Å². The van der Waals surface area contributed by atoms with Gasteiger partial charge in [0.05, 0.1) is 31.6 Å². The third kappa shape index (κ3) is 2.94. The van der Waals surface area contributed by atoms with E-state index in [1.165, 1.54) is 5.56 Å². The molecule has 2 aliphatic rings. The molecule has 0 amide bonds. The summed E-state index contributed by atoms with van der Waals surface area (Å²) in [6.45, 7) is 4.22. The fourth-order valence-corrected chi connectivity index (χ4v) is 4.10. The van der Waals surface area contributed by atoms with Crippen LogP contribution in [0.15, 0.2) is 41.2 Å². The summed E-state index contributed by atoms with van der Waals surface area (Å²) in [7, 11) is 0. The molecule has 3 atom stereocenters. The summed E-state index contributed by atoms with van der Waals surface area (Å²) in [5, 5.41) is 4.37. The van der Waals surface area contributed by atoms with Gasteiger partial charge in [-0.05, 0) is 34.5 Å². The van der Waals surface area contributed by atoms with E-state index in [9.17, 15) is 0 Å². The minimum Gasteiger partial charge on any atom is -0.379 e. The van der Waals surface area contributed by atoms with Crippen molar-refractivity contribution in [3.05, 3.63) is 52.5 Å². The Morgan fingerprint density at radius 3 is 3.14 bits per heavy atom. The van der Waals surface area contributed by atoms with Gasteiger partial charge in [0.15, 0.2) is 0 Å². The number of fused-ring (bicyclic) bond motifs is 1. The van der Waals surface area contributed by atoms with Gasteiger partial charge in [0.2, 0.25) is 0 Å². The average molecular weight is 316 g/mol. The first-order valence-electron chi connectivity index (χ1n) is 7.74. The number of pyridine rings is 1. The van der Waals surface area contributed by atoms with Crippen molar-refractivity contribution >= 4 is 11.3 Å². The van der Waals surface area contributed by atoms with Crippen LogP contribution in [0.2, 0.25) is 0 Å². The zero-order valence-electron chi connectivity index (χ0n) is 12.4. The molecular weight excluding hydrogens is 296 g/mol. The standard InChI is InChI=1S/C17H20N2O2S/c1-2-5-18-14(3-1)9-21-17-8-19(7-13-4-6-22-12-13)16-11-20-10-15(16)17/h1-6,12,15-17H,7-11H2/t15-,16+,17-/m0/s1. The van der Waals surface area contributed by atoms with Gasteiger partial charge >= 0.3 is 0 Å². The number of thiophene rings is 1. The van der Waals surface area contributed by atoms with Crippen molar-refractivity contribution in [2.45, 2.75) is 25.3 Å².